The fraction of sp³-hybridized carbons (Fsp3) is 0.357. The van der Waals surface area contributed by atoms with Crippen LogP contribution in [0.3, 0.4) is 0 Å². The monoisotopic (exact) mass is 312 g/mol. The Morgan fingerprint density at radius 1 is 1.30 bits per heavy atom. The third-order valence-corrected chi connectivity index (χ3v) is 4.73. The second-order valence-corrected chi connectivity index (χ2v) is 5.83. The third kappa shape index (κ3) is 2.61. The normalized spacial score (nSPS) is 12.3. The average Bonchev–Trinajstić information content (AvgIpc) is 2.80. The van der Waals surface area contributed by atoms with Gasteiger partial charge in [-0.2, -0.15) is 0 Å². The van der Waals surface area contributed by atoms with Crippen LogP contribution in [0.15, 0.2) is 12.1 Å². The molecular formula is C14H17ClN2O2S. The highest BCUT2D eigenvalue weighted by Crippen LogP contribution is 2.43. The molecule has 6 heteroatoms. The molecule has 0 aliphatic rings. The summed E-state index contributed by atoms with van der Waals surface area (Å²) in [6.07, 6.45) is 0. The smallest absolute Gasteiger partial charge is 0.180 e. The topological polar surface area (TPSA) is 57.4 Å². The van der Waals surface area contributed by atoms with E-state index in [9.17, 15) is 0 Å². The Kier molecular flexibility index (Phi) is 4.52. The van der Waals surface area contributed by atoms with Crippen LogP contribution in [0.1, 0.15) is 23.5 Å². The quantitative estimate of drug-likeness (QED) is 0.932. The van der Waals surface area contributed by atoms with Crippen LogP contribution in [0, 0.1) is 6.92 Å². The van der Waals surface area contributed by atoms with Gasteiger partial charge in [0.2, 0.25) is 0 Å². The van der Waals surface area contributed by atoms with Gasteiger partial charge >= 0.3 is 0 Å². The summed E-state index contributed by atoms with van der Waals surface area (Å²) < 4.78 is 10.5. The summed E-state index contributed by atoms with van der Waals surface area (Å²) in [5.74, 6) is 1.11. The van der Waals surface area contributed by atoms with Crippen LogP contribution in [0.5, 0.6) is 11.5 Å². The molecule has 2 aromatic rings. The predicted molar refractivity (Wildman–Crippen MR) is 83.0 cm³/mol. The van der Waals surface area contributed by atoms with Gasteiger partial charge in [0.25, 0.3) is 0 Å². The molecule has 0 bridgehead atoms. The van der Waals surface area contributed by atoms with Crippen molar-refractivity contribution >= 4 is 22.9 Å². The first-order valence-corrected chi connectivity index (χ1v) is 7.32. The second kappa shape index (κ2) is 5.99. The summed E-state index contributed by atoms with van der Waals surface area (Å²) >= 11 is 7.95. The molecule has 0 aliphatic carbocycles. The standard InChI is InChI=1S/C14H17ClN2O2S/c1-7(16)13-8(2)17-14(20-13)9-5-6-10(18-3)12(19-4)11(9)15/h5-7H,16H2,1-4H3. The van der Waals surface area contributed by atoms with Gasteiger partial charge in [0.15, 0.2) is 11.5 Å². The van der Waals surface area contributed by atoms with E-state index in [2.05, 4.69) is 4.98 Å². The first kappa shape index (κ1) is 15.1. The Balaban J connectivity index is 2.56. The average molecular weight is 313 g/mol. The summed E-state index contributed by atoms with van der Waals surface area (Å²) in [6, 6.07) is 3.66. The van der Waals surface area contributed by atoms with E-state index < -0.39 is 0 Å². The SMILES string of the molecule is COc1ccc(-c2nc(C)c(C(C)N)s2)c(Cl)c1OC. The van der Waals surface area contributed by atoms with E-state index >= 15 is 0 Å². The van der Waals surface area contributed by atoms with E-state index in [4.69, 9.17) is 26.8 Å². The molecule has 0 aliphatic heterocycles. The Hall–Kier alpha value is -1.30. The van der Waals surface area contributed by atoms with Crippen molar-refractivity contribution in [2.45, 2.75) is 19.9 Å². The minimum Gasteiger partial charge on any atom is -0.493 e. The molecule has 1 aromatic heterocycles. The van der Waals surface area contributed by atoms with Crippen LogP contribution in [-0.2, 0) is 0 Å². The van der Waals surface area contributed by atoms with Gasteiger partial charge in [0.05, 0.1) is 24.9 Å². The lowest BCUT2D eigenvalue weighted by molar-refractivity contribution is 0.355. The minimum absolute atomic E-state index is 0.0415. The largest absolute Gasteiger partial charge is 0.493 e. The molecular weight excluding hydrogens is 296 g/mol. The zero-order valence-electron chi connectivity index (χ0n) is 11.9. The van der Waals surface area contributed by atoms with Crippen LogP contribution in [0.4, 0.5) is 0 Å². The minimum atomic E-state index is -0.0415. The maximum atomic E-state index is 6.40. The lowest BCUT2D eigenvalue weighted by Crippen LogP contribution is -2.03. The Labute approximate surface area is 127 Å². The summed E-state index contributed by atoms with van der Waals surface area (Å²) in [5, 5.41) is 1.33. The number of aromatic nitrogens is 1. The van der Waals surface area contributed by atoms with Gasteiger partial charge in [0, 0.05) is 16.5 Å². The number of rotatable bonds is 4. The van der Waals surface area contributed by atoms with Gasteiger partial charge in [-0.1, -0.05) is 11.6 Å². The number of methoxy groups -OCH3 is 2. The Bertz CT molecular complexity index is 626. The molecule has 0 spiro atoms. The zero-order valence-corrected chi connectivity index (χ0v) is 13.4. The first-order chi connectivity index (χ1) is 9.49. The molecule has 0 radical (unpaired) electrons. The van der Waals surface area contributed by atoms with Crippen molar-refractivity contribution < 1.29 is 9.47 Å². The van der Waals surface area contributed by atoms with Gasteiger partial charge in [0.1, 0.15) is 5.01 Å². The van der Waals surface area contributed by atoms with Crippen molar-refractivity contribution in [3.05, 3.63) is 27.7 Å². The molecule has 0 saturated heterocycles. The maximum Gasteiger partial charge on any atom is 0.180 e. The molecule has 0 fully saturated rings. The van der Waals surface area contributed by atoms with Crippen LogP contribution in [0.2, 0.25) is 5.02 Å². The number of ether oxygens (including phenoxy) is 2. The molecule has 0 amide bonds. The van der Waals surface area contributed by atoms with Crippen molar-refractivity contribution in [2.75, 3.05) is 14.2 Å². The lowest BCUT2D eigenvalue weighted by Gasteiger charge is -2.11. The molecule has 1 heterocycles. The maximum absolute atomic E-state index is 6.40. The molecule has 4 nitrogen and oxygen atoms in total. The number of hydrogen-bond acceptors (Lipinski definition) is 5. The van der Waals surface area contributed by atoms with E-state index in [0.717, 1.165) is 21.1 Å². The number of benzene rings is 1. The number of nitrogens with zero attached hydrogens (tertiary/aromatic N) is 1. The van der Waals surface area contributed by atoms with Gasteiger partial charge < -0.3 is 15.2 Å². The highest BCUT2D eigenvalue weighted by Gasteiger charge is 2.19. The zero-order chi connectivity index (χ0) is 14.9. The molecule has 1 unspecified atom stereocenters. The van der Waals surface area contributed by atoms with Gasteiger partial charge in [-0.15, -0.1) is 11.3 Å². The first-order valence-electron chi connectivity index (χ1n) is 6.13. The third-order valence-electron chi connectivity index (χ3n) is 2.96. The molecule has 108 valence electrons. The number of hydrogen-bond donors (Lipinski definition) is 1. The van der Waals surface area contributed by atoms with E-state index in [1.165, 1.54) is 0 Å². The van der Waals surface area contributed by atoms with Crippen molar-refractivity contribution in [1.29, 1.82) is 0 Å². The lowest BCUT2D eigenvalue weighted by atomic mass is 10.2. The van der Waals surface area contributed by atoms with Gasteiger partial charge in [-0.3, -0.25) is 0 Å². The van der Waals surface area contributed by atoms with Crippen molar-refractivity contribution in [3.63, 3.8) is 0 Å². The highest BCUT2D eigenvalue weighted by molar-refractivity contribution is 7.15. The van der Waals surface area contributed by atoms with Crippen molar-refractivity contribution in [1.82, 2.24) is 4.98 Å². The Morgan fingerprint density at radius 2 is 2.00 bits per heavy atom. The predicted octanol–water partition coefficient (Wildman–Crippen LogP) is 3.81. The van der Waals surface area contributed by atoms with Gasteiger partial charge in [-0.05, 0) is 26.0 Å². The number of aryl methyl sites for hydroxylation is 1. The van der Waals surface area contributed by atoms with Gasteiger partial charge in [-0.25, -0.2) is 4.98 Å². The highest BCUT2D eigenvalue weighted by atomic mass is 35.5. The summed E-state index contributed by atoms with van der Waals surface area (Å²) in [5.41, 5.74) is 7.70. The fourth-order valence-corrected chi connectivity index (χ4v) is 3.43. The van der Waals surface area contributed by atoms with E-state index in [1.807, 2.05) is 26.0 Å². The van der Waals surface area contributed by atoms with Crippen LogP contribution in [-0.4, -0.2) is 19.2 Å². The summed E-state index contributed by atoms with van der Waals surface area (Å²) in [6.45, 7) is 3.90. The van der Waals surface area contributed by atoms with Crippen LogP contribution < -0.4 is 15.2 Å². The van der Waals surface area contributed by atoms with Crippen LogP contribution >= 0.6 is 22.9 Å². The summed E-state index contributed by atoms with van der Waals surface area (Å²) in [4.78, 5) is 5.61. The second-order valence-electron chi connectivity index (χ2n) is 4.42. The number of nitrogens with two attached hydrogens (primary N) is 1. The molecule has 20 heavy (non-hydrogen) atoms. The number of halogens is 1. The molecule has 2 rings (SSSR count). The molecule has 2 N–H and O–H groups in total. The van der Waals surface area contributed by atoms with Crippen molar-refractivity contribution in [2.24, 2.45) is 5.73 Å². The van der Waals surface area contributed by atoms with E-state index in [1.54, 1.807) is 25.6 Å². The Morgan fingerprint density at radius 3 is 2.50 bits per heavy atom. The molecule has 1 aromatic carbocycles. The van der Waals surface area contributed by atoms with Crippen LogP contribution in [0.25, 0.3) is 10.6 Å². The fourth-order valence-electron chi connectivity index (χ4n) is 2.00. The summed E-state index contributed by atoms with van der Waals surface area (Å²) in [7, 11) is 3.14. The number of thiazole rings is 1. The molecule has 1 atom stereocenters. The van der Waals surface area contributed by atoms with E-state index in [0.29, 0.717) is 16.5 Å². The van der Waals surface area contributed by atoms with E-state index in [-0.39, 0.29) is 6.04 Å². The van der Waals surface area contributed by atoms with Crippen molar-refractivity contribution in [3.8, 4) is 22.1 Å². The molecule has 0 saturated carbocycles.